The van der Waals surface area contributed by atoms with E-state index in [2.05, 4.69) is 10.3 Å². The van der Waals surface area contributed by atoms with Crippen molar-refractivity contribution in [3.63, 3.8) is 0 Å². The lowest BCUT2D eigenvalue weighted by Gasteiger charge is -2.29. The number of esters is 1. The number of nitrogens with one attached hydrogen (secondary N) is 1. The van der Waals surface area contributed by atoms with E-state index in [1.54, 1.807) is 12.4 Å². The summed E-state index contributed by atoms with van der Waals surface area (Å²) >= 11 is 0. The summed E-state index contributed by atoms with van der Waals surface area (Å²) in [5, 5.41) is 3.34. The zero-order valence-electron chi connectivity index (χ0n) is 10.1. The molecule has 2 atom stereocenters. The summed E-state index contributed by atoms with van der Waals surface area (Å²) in [6.45, 7) is 1.92. The number of methoxy groups -OCH3 is 1. The number of rotatable bonds is 3. The summed E-state index contributed by atoms with van der Waals surface area (Å²) in [4.78, 5) is 15.9. The van der Waals surface area contributed by atoms with E-state index in [0.29, 0.717) is 5.92 Å². The van der Waals surface area contributed by atoms with Crippen molar-refractivity contribution in [2.24, 2.45) is 5.92 Å². The number of carbonyl (C=O) groups excluding carboxylic acids is 1. The zero-order chi connectivity index (χ0) is 12.1. The monoisotopic (exact) mass is 234 g/mol. The molecule has 0 saturated carbocycles. The smallest absolute Gasteiger partial charge is 0.313 e. The Labute approximate surface area is 101 Å². The van der Waals surface area contributed by atoms with Gasteiger partial charge in [-0.05, 0) is 49.5 Å². The predicted octanol–water partition coefficient (Wildman–Crippen LogP) is 1.34. The van der Waals surface area contributed by atoms with Gasteiger partial charge >= 0.3 is 5.97 Å². The third-order valence-electron chi connectivity index (χ3n) is 3.33. The maximum atomic E-state index is 11.9. The maximum absolute atomic E-state index is 11.9. The van der Waals surface area contributed by atoms with Gasteiger partial charge in [0.2, 0.25) is 0 Å². The Hall–Kier alpha value is -1.42. The first-order chi connectivity index (χ1) is 8.33. The Morgan fingerprint density at radius 2 is 2.29 bits per heavy atom. The second-order valence-electron chi connectivity index (χ2n) is 4.39. The van der Waals surface area contributed by atoms with E-state index in [0.717, 1.165) is 31.5 Å². The lowest BCUT2D eigenvalue weighted by Crippen LogP contribution is -2.36. The van der Waals surface area contributed by atoms with Crippen molar-refractivity contribution >= 4 is 5.97 Å². The topological polar surface area (TPSA) is 51.2 Å². The molecule has 2 unspecified atom stereocenters. The molecule has 0 radical (unpaired) electrons. The van der Waals surface area contributed by atoms with E-state index in [9.17, 15) is 4.79 Å². The third-order valence-corrected chi connectivity index (χ3v) is 3.33. The van der Waals surface area contributed by atoms with Crippen LogP contribution in [0.5, 0.6) is 0 Å². The molecule has 0 aliphatic carbocycles. The van der Waals surface area contributed by atoms with Crippen LogP contribution in [0.25, 0.3) is 0 Å². The normalized spacial score (nSPS) is 21.8. The lowest BCUT2D eigenvalue weighted by atomic mass is 9.82. The fourth-order valence-electron chi connectivity index (χ4n) is 2.46. The molecule has 4 nitrogen and oxygen atoms in total. The molecule has 1 fully saturated rings. The van der Waals surface area contributed by atoms with Gasteiger partial charge in [-0.25, -0.2) is 0 Å². The SMILES string of the molecule is COC(=O)C(c1ccncc1)C1CCCNC1. The van der Waals surface area contributed by atoms with Gasteiger partial charge in [0.15, 0.2) is 0 Å². The van der Waals surface area contributed by atoms with E-state index in [1.807, 2.05) is 12.1 Å². The fourth-order valence-corrected chi connectivity index (χ4v) is 2.46. The second-order valence-corrected chi connectivity index (χ2v) is 4.39. The third kappa shape index (κ3) is 2.82. The summed E-state index contributed by atoms with van der Waals surface area (Å²) in [7, 11) is 1.45. The van der Waals surface area contributed by atoms with Crippen LogP contribution in [-0.2, 0) is 9.53 Å². The van der Waals surface area contributed by atoms with Crippen LogP contribution in [0.2, 0.25) is 0 Å². The van der Waals surface area contributed by atoms with E-state index in [-0.39, 0.29) is 11.9 Å². The number of ether oxygens (including phenoxy) is 1. The Bertz CT molecular complexity index is 361. The van der Waals surface area contributed by atoms with Gasteiger partial charge in [0, 0.05) is 12.4 Å². The van der Waals surface area contributed by atoms with Crippen LogP contribution >= 0.6 is 0 Å². The van der Waals surface area contributed by atoms with Gasteiger partial charge in [-0.15, -0.1) is 0 Å². The number of hydrogen-bond donors (Lipinski definition) is 1. The van der Waals surface area contributed by atoms with Gasteiger partial charge in [0.25, 0.3) is 0 Å². The minimum Gasteiger partial charge on any atom is -0.469 e. The standard InChI is InChI=1S/C13H18N2O2/c1-17-13(16)12(10-4-7-14-8-5-10)11-3-2-6-15-9-11/h4-5,7-8,11-12,15H,2-3,6,9H2,1H3. The zero-order valence-corrected chi connectivity index (χ0v) is 10.1. The van der Waals surface area contributed by atoms with Crippen LogP contribution in [0.3, 0.4) is 0 Å². The number of pyridine rings is 1. The summed E-state index contributed by atoms with van der Waals surface area (Å²) in [6.07, 6.45) is 5.63. The molecular formula is C13H18N2O2. The van der Waals surface area contributed by atoms with E-state index < -0.39 is 0 Å². The van der Waals surface area contributed by atoms with Crippen molar-refractivity contribution in [2.75, 3.05) is 20.2 Å². The molecule has 1 aliphatic rings. The largest absolute Gasteiger partial charge is 0.469 e. The molecule has 1 N–H and O–H groups in total. The van der Waals surface area contributed by atoms with Crippen molar-refractivity contribution < 1.29 is 9.53 Å². The molecule has 4 heteroatoms. The Balaban J connectivity index is 2.21. The van der Waals surface area contributed by atoms with E-state index >= 15 is 0 Å². The number of nitrogens with zero attached hydrogens (tertiary/aromatic N) is 1. The lowest BCUT2D eigenvalue weighted by molar-refractivity contribution is -0.144. The van der Waals surface area contributed by atoms with Gasteiger partial charge in [0.05, 0.1) is 13.0 Å². The van der Waals surface area contributed by atoms with Crippen LogP contribution in [0.4, 0.5) is 0 Å². The van der Waals surface area contributed by atoms with Crippen LogP contribution in [0, 0.1) is 5.92 Å². The van der Waals surface area contributed by atoms with E-state index in [1.165, 1.54) is 7.11 Å². The first-order valence-electron chi connectivity index (χ1n) is 6.01. The molecule has 0 aromatic carbocycles. The molecule has 17 heavy (non-hydrogen) atoms. The minimum atomic E-state index is -0.171. The van der Waals surface area contributed by atoms with Crippen molar-refractivity contribution in [2.45, 2.75) is 18.8 Å². The van der Waals surface area contributed by atoms with Crippen LogP contribution < -0.4 is 5.32 Å². The molecule has 1 saturated heterocycles. The van der Waals surface area contributed by atoms with Crippen molar-refractivity contribution in [1.29, 1.82) is 0 Å². The summed E-state index contributed by atoms with van der Waals surface area (Å²) in [5.74, 6) is -0.000648. The summed E-state index contributed by atoms with van der Waals surface area (Å²) < 4.78 is 4.93. The molecule has 1 aliphatic heterocycles. The average Bonchev–Trinajstić information content (AvgIpc) is 2.41. The first kappa shape index (κ1) is 12.0. The molecular weight excluding hydrogens is 216 g/mol. The number of piperidine rings is 1. The highest BCUT2D eigenvalue weighted by Crippen LogP contribution is 2.30. The molecule has 0 bridgehead atoms. The molecule has 0 amide bonds. The van der Waals surface area contributed by atoms with E-state index in [4.69, 9.17) is 4.74 Å². The highest BCUT2D eigenvalue weighted by molar-refractivity contribution is 5.78. The van der Waals surface area contributed by atoms with Gasteiger partial charge in [-0.2, -0.15) is 0 Å². The molecule has 1 aromatic rings. The van der Waals surface area contributed by atoms with Crippen molar-refractivity contribution in [3.05, 3.63) is 30.1 Å². The average molecular weight is 234 g/mol. The Kier molecular flexibility index (Phi) is 4.09. The van der Waals surface area contributed by atoms with Gasteiger partial charge in [-0.3, -0.25) is 9.78 Å². The van der Waals surface area contributed by atoms with Crippen molar-refractivity contribution in [1.82, 2.24) is 10.3 Å². The number of carbonyl (C=O) groups is 1. The Morgan fingerprint density at radius 1 is 1.53 bits per heavy atom. The minimum absolute atomic E-state index is 0.148. The van der Waals surface area contributed by atoms with Gasteiger partial charge in [-0.1, -0.05) is 0 Å². The molecule has 0 spiro atoms. The molecule has 92 valence electrons. The molecule has 2 rings (SSSR count). The number of aromatic nitrogens is 1. The summed E-state index contributed by atoms with van der Waals surface area (Å²) in [6, 6.07) is 3.80. The van der Waals surface area contributed by atoms with Crippen LogP contribution in [-0.4, -0.2) is 31.2 Å². The highest BCUT2D eigenvalue weighted by Gasteiger charge is 2.31. The Morgan fingerprint density at radius 3 is 2.88 bits per heavy atom. The first-order valence-corrected chi connectivity index (χ1v) is 6.01. The second kappa shape index (κ2) is 5.77. The number of hydrogen-bond acceptors (Lipinski definition) is 4. The predicted molar refractivity (Wildman–Crippen MR) is 64.6 cm³/mol. The molecule has 2 heterocycles. The quantitative estimate of drug-likeness (QED) is 0.802. The van der Waals surface area contributed by atoms with Gasteiger partial charge in [0.1, 0.15) is 0 Å². The van der Waals surface area contributed by atoms with Gasteiger partial charge < -0.3 is 10.1 Å². The molecule has 1 aromatic heterocycles. The van der Waals surface area contributed by atoms with Crippen molar-refractivity contribution in [3.8, 4) is 0 Å². The van der Waals surface area contributed by atoms with Crippen LogP contribution in [0.1, 0.15) is 24.3 Å². The fraction of sp³-hybridized carbons (Fsp3) is 0.538. The highest BCUT2D eigenvalue weighted by atomic mass is 16.5. The summed E-state index contributed by atoms with van der Waals surface area (Å²) in [5.41, 5.74) is 1.00. The maximum Gasteiger partial charge on any atom is 0.313 e. The van der Waals surface area contributed by atoms with Crippen LogP contribution in [0.15, 0.2) is 24.5 Å².